The summed E-state index contributed by atoms with van der Waals surface area (Å²) in [5.41, 5.74) is 1.72. The van der Waals surface area contributed by atoms with Gasteiger partial charge in [-0.15, -0.1) is 0 Å². The fourth-order valence-corrected chi connectivity index (χ4v) is 2.72. The summed E-state index contributed by atoms with van der Waals surface area (Å²) in [6, 6.07) is 7.90. The quantitative estimate of drug-likeness (QED) is 0.850. The normalized spacial score (nSPS) is 17.4. The molecule has 1 atom stereocenters. The number of ether oxygens (including phenoxy) is 2. The van der Waals surface area contributed by atoms with Crippen LogP contribution in [0, 0.1) is 19.7 Å². The lowest BCUT2D eigenvalue weighted by Crippen LogP contribution is -2.44. The Hall–Kier alpha value is -2.54. The summed E-state index contributed by atoms with van der Waals surface area (Å²) in [4.78, 5) is 22.8. The summed E-state index contributed by atoms with van der Waals surface area (Å²) >= 11 is 0. The van der Waals surface area contributed by atoms with Crippen molar-refractivity contribution in [2.45, 2.75) is 20.0 Å². The van der Waals surface area contributed by atoms with Gasteiger partial charge in [-0.25, -0.2) is 14.4 Å². The van der Waals surface area contributed by atoms with E-state index in [0.717, 1.165) is 11.4 Å². The van der Waals surface area contributed by atoms with Crippen LogP contribution in [0.25, 0.3) is 0 Å². The summed E-state index contributed by atoms with van der Waals surface area (Å²) in [6.45, 7) is 4.77. The lowest BCUT2D eigenvalue weighted by atomic mass is 10.2. The summed E-state index contributed by atoms with van der Waals surface area (Å²) < 4.78 is 24.6. The van der Waals surface area contributed by atoms with Crippen LogP contribution in [-0.4, -0.2) is 47.1 Å². The molecule has 1 unspecified atom stereocenters. The van der Waals surface area contributed by atoms with Crippen LogP contribution >= 0.6 is 0 Å². The number of rotatable bonds is 4. The van der Waals surface area contributed by atoms with Gasteiger partial charge in [-0.1, -0.05) is 12.1 Å². The van der Waals surface area contributed by atoms with Crippen molar-refractivity contribution in [2.75, 3.05) is 26.3 Å². The smallest absolute Gasteiger partial charge is 0.260 e. The summed E-state index contributed by atoms with van der Waals surface area (Å²) in [7, 11) is 0. The van der Waals surface area contributed by atoms with Gasteiger partial charge in [0.2, 0.25) is 0 Å². The number of amides is 1. The maximum absolute atomic E-state index is 13.6. The monoisotopic (exact) mass is 345 g/mol. The Morgan fingerprint density at radius 2 is 2.04 bits per heavy atom. The standard InChI is InChI=1S/C18H20FN3O3/c1-12-9-13(2)21-18(20-12)16-10-22(7-8-24-16)17(23)11-25-15-6-4-3-5-14(15)19/h3-6,9,16H,7-8,10-11H2,1-2H3. The van der Waals surface area contributed by atoms with Crippen LogP contribution in [0.4, 0.5) is 4.39 Å². The van der Waals surface area contributed by atoms with Gasteiger partial charge >= 0.3 is 0 Å². The zero-order valence-electron chi connectivity index (χ0n) is 14.2. The van der Waals surface area contributed by atoms with Gasteiger partial charge in [0.1, 0.15) is 6.10 Å². The molecule has 132 valence electrons. The van der Waals surface area contributed by atoms with Crippen molar-refractivity contribution in [2.24, 2.45) is 0 Å². The fourth-order valence-electron chi connectivity index (χ4n) is 2.72. The van der Waals surface area contributed by atoms with Gasteiger partial charge in [-0.3, -0.25) is 4.79 Å². The summed E-state index contributed by atoms with van der Waals surface area (Å²) in [5.74, 6) is -0.0666. The Kier molecular flexibility index (Phi) is 5.23. The number of carbonyl (C=O) groups is 1. The molecule has 1 aliphatic rings. The molecule has 1 aromatic carbocycles. The predicted molar refractivity (Wildman–Crippen MR) is 88.7 cm³/mol. The van der Waals surface area contributed by atoms with Crippen LogP contribution in [0.5, 0.6) is 5.75 Å². The highest BCUT2D eigenvalue weighted by Gasteiger charge is 2.27. The van der Waals surface area contributed by atoms with Crippen molar-refractivity contribution >= 4 is 5.91 Å². The number of morpholine rings is 1. The van der Waals surface area contributed by atoms with Gasteiger partial charge in [0.05, 0.1) is 13.2 Å². The van der Waals surface area contributed by atoms with Gasteiger partial charge in [0.25, 0.3) is 5.91 Å². The molecule has 0 aliphatic carbocycles. The molecular weight excluding hydrogens is 325 g/mol. The van der Waals surface area contributed by atoms with Crippen molar-refractivity contribution in [3.05, 3.63) is 53.4 Å². The van der Waals surface area contributed by atoms with E-state index in [0.29, 0.717) is 25.5 Å². The minimum absolute atomic E-state index is 0.0679. The maximum Gasteiger partial charge on any atom is 0.260 e. The number of aryl methyl sites for hydroxylation is 2. The first-order valence-corrected chi connectivity index (χ1v) is 8.12. The van der Waals surface area contributed by atoms with E-state index >= 15 is 0 Å². The van der Waals surface area contributed by atoms with Crippen LogP contribution in [-0.2, 0) is 9.53 Å². The molecule has 25 heavy (non-hydrogen) atoms. The van der Waals surface area contributed by atoms with Crippen molar-refractivity contribution in [1.82, 2.24) is 14.9 Å². The maximum atomic E-state index is 13.6. The van der Waals surface area contributed by atoms with E-state index < -0.39 is 5.82 Å². The highest BCUT2D eigenvalue weighted by atomic mass is 19.1. The Bertz CT molecular complexity index is 749. The number of aromatic nitrogens is 2. The molecule has 6 nitrogen and oxygen atoms in total. The second kappa shape index (κ2) is 7.57. The molecule has 0 N–H and O–H groups in total. The molecule has 2 aromatic rings. The minimum Gasteiger partial charge on any atom is -0.481 e. The SMILES string of the molecule is Cc1cc(C)nc(C2CN(C(=O)COc3ccccc3F)CCO2)n1. The average Bonchev–Trinajstić information content (AvgIpc) is 2.60. The number of hydrogen-bond donors (Lipinski definition) is 0. The lowest BCUT2D eigenvalue weighted by Gasteiger charge is -2.32. The van der Waals surface area contributed by atoms with E-state index in [-0.39, 0.29) is 24.4 Å². The molecule has 1 aliphatic heterocycles. The highest BCUT2D eigenvalue weighted by molar-refractivity contribution is 5.77. The molecule has 0 bridgehead atoms. The second-order valence-corrected chi connectivity index (χ2v) is 5.93. The van der Waals surface area contributed by atoms with Crippen LogP contribution in [0.15, 0.2) is 30.3 Å². The number of hydrogen-bond acceptors (Lipinski definition) is 5. The third kappa shape index (κ3) is 4.30. The van der Waals surface area contributed by atoms with E-state index in [4.69, 9.17) is 9.47 Å². The van der Waals surface area contributed by atoms with Crippen LogP contribution in [0.1, 0.15) is 23.3 Å². The van der Waals surface area contributed by atoms with Gasteiger partial charge in [0, 0.05) is 17.9 Å². The zero-order valence-corrected chi connectivity index (χ0v) is 14.2. The van der Waals surface area contributed by atoms with E-state index in [1.807, 2.05) is 19.9 Å². The molecule has 0 radical (unpaired) electrons. The third-order valence-corrected chi connectivity index (χ3v) is 3.89. The van der Waals surface area contributed by atoms with Crippen LogP contribution < -0.4 is 4.74 Å². The van der Waals surface area contributed by atoms with Crippen molar-refractivity contribution < 1.29 is 18.7 Å². The minimum atomic E-state index is -0.487. The van der Waals surface area contributed by atoms with E-state index in [1.54, 1.807) is 17.0 Å². The molecule has 0 spiro atoms. The fraction of sp³-hybridized carbons (Fsp3) is 0.389. The second-order valence-electron chi connectivity index (χ2n) is 5.93. The third-order valence-electron chi connectivity index (χ3n) is 3.89. The van der Waals surface area contributed by atoms with Crippen molar-refractivity contribution in [3.63, 3.8) is 0 Å². The summed E-state index contributed by atoms with van der Waals surface area (Å²) in [5, 5.41) is 0. The first-order chi connectivity index (χ1) is 12.0. The number of para-hydroxylation sites is 1. The lowest BCUT2D eigenvalue weighted by molar-refractivity contribution is -0.141. The molecule has 1 fully saturated rings. The van der Waals surface area contributed by atoms with Gasteiger partial charge in [-0.2, -0.15) is 0 Å². The van der Waals surface area contributed by atoms with Crippen LogP contribution in [0.2, 0.25) is 0 Å². The van der Waals surface area contributed by atoms with Gasteiger partial charge < -0.3 is 14.4 Å². The Labute approximate surface area is 145 Å². The molecule has 2 heterocycles. The molecule has 1 aromatic heterocycles. The number of halogens is 1. The zero-order chi connectivity index (χ0) is 17.8. The van der Waals surface area contributed by atoms with E-state index in [9.17, 15) is 9.18 Å². The Morgan fingerprint density at radius 1 is 1.32 bits per heavy atom. The first-order valence-electron chi connectivity index (χ1n) is 8.12. The number of carbonyl (C=O) groups excluding carboxylic acids is 1. The molecule has 3 rings (SSSR count). The number of nitrogens with zero attached hydrogens (tertiary/aromatic N) is 3. The largest absolute Gasteiger partial charge is 0.481 e. The van der Waals surface area contributed by atoms with E-state index in [1.165, 1.54) is 12.1 Å². The van der Waals surface area contributed by atoms with Gasteiger partial charge in [-0.05, 0) is 32.0 Å². The van der Waals surface area contributed by atoms with Gasteiger partial charge in [0.15, 0.2) is 24.0 Å². The van der Waals surface area contributed by atoms with Crippen LogP contribution in [0.3, 0.4) is 0 Å². The Morgan fingerprint density at radius 3 is 2.76 bits per heavy atom. The topological polar surface area (TPSA) is 64.6 Å². The highest BCUT2D eigenvalue weighted by Crippen LogP contribution is 2.21. The van der Waals surface area contributed by atoms with Crippen molar-refractivity contribution in [3.8, 4) is 5.75 Å². The summed E-state index contributed by atoms with van der Waals surface area (Å²) in [6.07, 6.45) is -0.371. The Balaban J connectivity index is 1.62. The molecule has 0 saturated carbocycles. The first kappa shape index (κ1) is 17.3. The van der Waals surface area contributed by atoms with E-state index in [2.05, 4.69) is 9.97 Å². The molecule has 7 heteroatoms. The molecule has 1 amide bonds. The van der Waals surface area contributed by atoms with Crippen molar-refractivity contribution in [1.29, 1.82) is 0 Å². The number of benzene rings is 1. The molecule has 1 saturated heterocycles. The average molecular weight is 345 g/mol. The molecular formula is C18H20FN3O3. The predicted octanol–water partition coefficient (Wildman–Crippen LogP) is 2.21.